The summed E-state index contributed by atoms with van der Waals surface area (Å²) in [6.45, 7) is 3.85. The summed E-state index contributed by atoms with van der Waals surface area (Å²) in [6.07, 6.45) is 0.136. The SMILES string of the molecule is Cc1n[nH]c(C)c1C(=O)NCC1CCC(C(=O)O)O1. The number of aliphatic carboxylic acids is 1. The molecule has 1 aliphatic heterocycles. The Balaban J connectivity index is 1.87. The number of rotatable bonds is 4. The second-order valence-electron chi connectivity index (χ2n) is 4.68. The van der Waals surface area contributed by atoms with Crippen LogP contribution < -0.4 is 5.32 Å². The zero-order valence-corrected chi connectivity index (χ0v) is 10.9. The van der Waals surface area contributed by atoms with Crippen LogP contribution in [0, 0.1) is 13.8 Å². The molecular weight excluding hydrogens is 250 g/mol. The maximum atomic E-state index is 12.0. The molecule has 2 unspecified atom stereocenters. The largest absolute Gasteiger partial charge is 0.479 e. The maximum absolute atomic E-state index is 12.0. The van der Waals surface area contributed by atoms with E-state index >= 15 is 0 Å². The number of hydrogen-bond acceptors (Lipinski definition) is 4. The van der Waals surface area contributed by atoms with Gasteiger partial charge in [0.25, 0.3) is 5.91 Å². The van der Waals surface area contributed by atoms with E-state index in [4.69, 9.17) is 9.84 Å². The van der Waals surface area contributed by atoms with Crippen molar-refractivity contribution in [2.45, 2.75) is 38.9 Å². The summed E-state index contributed by atoms with van der Waals surface area (Å²) in [5.74, 6) is -1.17. The van der Waals surface area contributed by atoms with Crippen LogP contribution in [0.4, 0.5) is 0 Å². The van der Waals surface area contributed by atoms with Gasteiger partial charge in [-0.05, 0) is 26.7 Å². The highest BCUT2D eigenvalue weighted by Crippen LogP contribution is 2.19. The van der Waals surface area contributed by atoms with Crippen molar-refractivity contribution in [1.82, 2.24) is 15.5 Å². The fourth-order valence-electron chi connectivity index (χ4n) is 2.22. The topological polar surface area (TPSA) is 104 Å². The Hall–Kier alpha value is -1.89. The molecule has 0 radical (unpaired) electrons. The van der Waals surface area contributed by atoms with Crippen molar-refractivity contribution in [2.24, 2.45) is 0 Å². The van der Waals surface area contributed by atoms with E-state index in [1.165, 1.54) is 0 Å². The average Bonchev–Trinajstić information content (AvgIpc) is 2.94. The lowest BCUT2D eigenvalue weighted by atomic mass is 10.1. The van der Waals surface area contributed by atoms with E-state index in [2.05, 4.69) is 15.5 Å². The number of aromatic nitrogens is 2. The number of nitrogens with zero attached hydrogens (tertiary/aromatic N) is 1. The van der Waals surface area contributed by atoms with Crippen LogP contribution in [0.1, 0.15) is 34.6 Å². The van der Waals surface area contributed by atoms with Crippen LogP contribution in [0.15, 0.2) is 0 Å². The maximum Gasteiger partial charge on any atom is 0.332 e. The number of aromatic amines is 1. The summed E-state index contributed by atoms with van der Waals surface area (Å²) in [4.78, 5) is 22.7. The molecule has 7 heteroatoms. The van der Waals surface area contributed by atoms with Gasteiger partial charge >= 0.3 is 5.97 Å². The molecule has 2 heterocycles. The number of nitrogens with one attached hydrogen (secondary N) is 2. The molecule has 2 rings (SSSR count). The minimum absolute atomic E-state index is 0.217. The third-order valence-electron chi connectivity index (χ3n) is 3.23. The van der Waals surface area contributed by atoms with Crippen LogP contribution in [0.2, 0.25) is 0 Å². The molecule has 0 spiro atoms. The number of carboxylic acids is 1. The van der Waals surface area contributed by atoms with Crippen LogP contribution in [0.3, 0.4) is 0 Å². The van der Waals surface area contributed by atoms with E-state index in [1.54, 1.807) is 13.8 Å². The number of aryl methyl sites for hydroxylation is 2. The molecule has 1 amide bonds. The lowest BCUT2D eigenvalue weighted by Gasteiger charge is -2.12. The molecule has 2 atom stereocenters. The standard InChI is InChI=1S/C12H17N3O4/c1-6-10(7(2)15-14-6)11(16)13-5-8-3-4-9(19-8)12(17)18/h8-9H,3-5H2,1-2H3,(H,13,16)(H,14,15)(H,17,18). The number of carboxylic acid groups (broad SMARTS) is 1. The Morgan fingerprint density at radius 1 is 1.47 bits per heavy atom. The minimum Gasteiger partial charge on any atom is -0.479 e. The van der Waals surface area contributed by atoms with Gasteiger partial charge in [-0.15, -0.1) is 0 Å². The first kappa shape index (κ1) is 13.5. The first-order chi connectivity index (χ1) is 8.99. The quantitative estimate of drug-likeness (QED) is 0.732. The summed E-state index contributed by atoms with van der Waals surface area (Å²) >= 11 is 0. The summed E-state index contributed by atoms with van der Waals surface area (Å²) < 4.78 is 5.31. The molecule has 1 aliphatic rings. The van der Waals surface area contributed by atoms with Gasteiger partial charge in [0.15, 0.2) is 6.10 Å². The van der Waals surface area contributed by atoms with Gasteiger partial charge in [-0.2, -0.15) is 5.10 Å². The number of hydrogen-bond donors (Lipinski definition) is 3. The first-order valence-electron chi connectivity index (χ1n) is 6.17. The van der Waals surface area contributed by atoms with E-state index in [-0.39, 0.29) is 12.0 Å². The molecule has 7 nitrogen and oxygen atoms in total. The molecule has 0 bridgehead atoms. The van der Waals surface area contributed by atoms with Crippen molar-refractivity contribution in [3.8, 4) is 0 Å². The Labute approximate surface area is 110 Å². The van der Waals surface area contributed by atoms with Crippen LogP contribution >= 0.6 is 0 Å². The van der Waals surface area contributed by atoms with Crippen molar-refractivity contribution in [2.75, 3.05) is 6.54 Å². The van der Waals surface area contributed by atoms with Crippen molar-refractivity contribution in [1.29, 1.82) is 0 Å². The highest BCUT2D eigenvalue weighted by Gasteiger charge is 2.30. The van der Waals surface area contributed by atoms with Crippen molar-refractivity contribution in [3.63, 3.8) is 0 Å². The third-order valence-corrected chi connectivity index (χ3v) is 3.23. The van der Waals surface area contributed by atoms with Gasteiger partial charge in [-0.3, -0.25) is 9.89 Å². The number of carbonyl (C=O) groups excluding carboxylic acids is 1. The molecular formula is C12H17N3O4. The van der Waals surface area contributed by atoms with Gasteiger partial charge in [0, 0.05) is 12.2 Å². The van der Waals surface area contributed by atoms with Crippen LogP contribution in [-0.4, -0.2) is 45.9 Å². The van der Waals surface area contributed by atoms with Gasteiger partial charge in [0.1, 0.15) is 0 Å². The van der Waals surface area contributed by atoms with E-state index in [9.17, 15) is 9.59 Å². The number of carbonyl (C=O) groups is 2. The molecule has 1 aromatic heterocycles. The van der Waals surface area contributed by atoms with E-state index < -0.39 is 12.1 Å². The fraction of sp³-hybridized carbons (Fsp3) is 0.583. The van der Waals surface area contributed by atoms with E-state index in [1.807, 2.05) is 0 Å². The zero-order valence-electron chi connectivity index (χ0n) is 10.9. The van der Waals surface area contributed by atoms with E-state index in [0.29, 0.717) is 36.3 Å². The predicted octanol–water partition coefficient (Wildman–Crippen LogP) is 0.389. The van der Waals surface area contributed by atoms with Gasteiger partial charge in [0.05, 0.1) is 17.4 Å². The summed E-state index contributed by atoms with van der Waals surface area (Å²) in [5, 5.41) is 18.3. The molecule has 0 aliphatic carbocycles. The fourth-order valence-corrected chi connectivity index (χ4v) is 2.22. The highest BCUT2D eigenvalue weighted by atomic mass is 16.5. The smallest absolute Gasteiger partial charge is 0.332 e. The molecule has 19 heavy (non-hydrogen) atoms. The summed E-state index contributed by atoms with van der Waals surface area (Å²) in [7, 11) is 0. The van der Waals surface area contributed by atoms with Gasteiger partial charge in [0.2, 0.25) is 0 Å². The Morgan fingerprint density at radius 2 is 2.21 bits per heavy atom. The van der Waals surface area contributed by atoms with Gasteiger partial charge < -0.3 is 15.2 Å². The second-order valence-corrected chi connectivity index (χ2v) is 4.68. The molecule has 3 N–H and O–H groups in total. The average molecular weight is 267 g/mol. The lowest BCUT2D eigenvalue weighted by molar-refractivity contribution is -0.149. The Bertz CT molecular complexity index is 478. The van der Waals surface area contributed by atoms with Crippen molar-refractivity contribution >= 4 is 11.9 Å². The molecule has 1 fully saturated rings. The Kier molecular flexibility index (Phi) is 3.84. The second kappa shape index (κ2) is 5.40. The molecule has 0 aromatic carbocycles. The van der Waals surface area contributed by atoms with Gasteiger partial charge in [-0.25, -0.2) is 4.79 Å². The van der Waals surface area contributed by atoms with Crippen LogP contribution in [-0.2, 0) is 9.53 Å². The Morgan fingerprint density at radius 3 is 2.74 bits per heavy atom. The van der Waals surface area contributed by atoms with Crippen molar-refractivity contribution in [3.05, 3.63) is 17.0 Å². The van der Waals surface area contributed by atoms with Crippen LogP contribution in [0.25, 0.3) is 0 Å². The normalized spacial score (nSPS) is 22.4. The molecule has 0 saturated carbocycles. The lowest BCUT2D eigenvalue weighted by Crippen LogP contribution is -2.33. The van der Waals surface area contributed by atoms with Crippen LogP contribution in [0.5, 0.6) is 0 Å². The third kappa shape index (κ3) is 2.93. The predicted molar refractivity (Wildman–Crippen MR) is 65.9 cm³/mol. The summed E-state index contributed by atoms with van der Waals surface area (Å²) in [5.41, 5.74) is 1.89. The monoisotopic (exact) mass is 267 g/mol. The van der Waals surface area contributed by atoms with E-state index in [0.717, 1.165) is 0 Å². The molecule has 1 saturated heterocycles. The summed E-state index contributed by atoms with van der Waals surface area (Å²) in [6, 6.07) is 0. The number of ether oxygens (including phenoxy) is 1. The number of amides is 1. The first-order valence-corrected chi connectivity index (χ1v) is 6.17. The van der Waals surface area contributed by atoms with Gasteiger partial charge in [-0.1, -0.05) is 0 Å². The zero-order chi connectivity index (χ0) is 14.0. The number of H-pyrrole nitrogens is 1. The molecule has 104 valence electrons. The van der Waals surface area contributed by atoms with Crippen molar-refractivity contribution < 1.29 is 19.4 Å². The minimum atomic E-state index is -0.949. The molecule has 1 aromatic rings. The highest BCUT2D eigenvalue weighted by molar-refractivity contribution is 5.96.